The highest BCUT2D eigenvalue weighted by Gasteiger charge is 2.35. The minimum atomic E-state index is -0.926. The molecule has 3 heteroatoms. The molecule has 0 spiro atoms. The molecule has 0 saturated carbocycles. The van der Waals surface area contributed by atoms with Crippen molar-refractivity contribution in [1.82, 2.24) is 0 Å². The zero-order chi connectivity index (χ0) is 12.9. The third-order valence-electron chi connectivity index (χ3n) is 2.73. The van der Waals surface area contributed by atoms with Crippen LogP contribution in [0.5, 0.6) is 0 Å². The molecule has 0 radical (unpaired) electrons. The van der Waals surface area contributed by atoms with Crippen LogP contribution < -0.4 is 5.73 Å². The van der Waals surface area contributed by atoms with Crippen LogP contribution in [0.15, 0.2) is 30.3 Å². The second kappa shape index (κ2) is 5.82. The first-order valence-corrected chi connectivity index (χ1v) is 5.89. The van der Waals surface area contributed by atoms with Crippen molar-refractivity contribution >= 4 is 5.97 Å². The summed E-state index contributed by atoms with van der Waals surface area (Å²) in [6, 6.07) is 9.79. The lowest BCUT2D eigenvalue weighted by Gasteiger charge is -2.28. The Morgan fingerprint density at radius 3 is 2.41 bits per heavy atom. The number of ether oxygens (including phenoxy) is 1. The molecule has 1 rings (SSSR count). The molecule has 0 heterocycles. The number of carbonyl (C=O) groups is 1. The van der Waals surface area contributed by atoms with E-state index in [0.29, 0.717) is 18.8 Å². The fourth-order valence-electron chi connectivity index (χ4n) is 2.12. The monoisotopic (exact) mass is 235 g/mol. The number of esters is 1. The lowest BCUT2D eigenvalue weighted by atomic mass is 9.84. The Morgan fingerprint density at radius 2 is 1.94 bits per heavy atom. The molecule has 0 aromatic heterocycles. The van der Waals surface area contributed by atoms with Crippen molar-refractivity contribution in [3.63, 3.8) is 0 Å². The van der Waals surface area contributed by atoms with Crippen molar-refractivity contribution in [3.05, 3.63) is 35.9 Å². The highest BCUT2D eigenvalue weighted by molar-refractivity contribution is 5.80. The molecule has 17 heavy (non-hydrogen) atoms. The van der Waals surface area contributed by atoms with Gasteiger partial charge in [-0.2, -0.15) is 0 Å². The molecule has 1 aromatic carbocycles. The van der Waals surface area contributed by atoms with Crippen LogP contribution in [0.25, 0.3) is 0 Å². The summed E-state index contributed by atoms with van der Waals surface area (Å²) >= 11 is 0. The fourth-order valence-corrected chi connectivity index (χ4v) is 2.12. The van der Waals surface area contributed by atoms with Gasteiger partial charge in [-0.1, -0.05) is 44.2 Å². The van der Waals surface area contributed by atoms with Gasteiger partial charge < -0.3 is 10.5 Å². The average Bonchev–Trinajstić information content (AvgIpc) is 2.28. The van der Waals surface area contributed by atoms with Crippen molar-refractivity contribution in [2.75, 3.05) is 7.11 Å². The number of hydrogen-bond acceptors (Lipinski definition) is 3. The van der Waals surface area contributed by atoms with Gasteiger partial charge in [0.1, 0.15) is 5.54 Å². The second-order valence-electron chi connectivity index (χ2n) is 4.91. The normalized spacial score (nSPS) is 14.4. The van der Waals surface area contributed by atoms with Gasteiger partial charge in [-0.05, 0) is 17.9 Å². The topological polar surface area (TPSA) is 52.3 Å². The molecule has 0 unspecified atom stereocenters. The molecule has 2 N–H and O–H groups in total. The van der Waals surface area contributed by atoms with Crippen molar-refractivity contribution < 1.29 is 9.53 Å². The minimum absolute atomic E-state index is 0.338. The van der Waals surface area contributed by atoms with Gasteiger partial charge in [-0.25, -0.2) is 0 Å². The first-order chi connectivity index (χ1) is 7.98. The van der Waals surface area contributed by atoms with Gasteiger partial charge in [0.15, 0.2) is 0 Å². The molecule has 1 aromatic rings. The smallest absolute Gasteiger partial charge is 0.326 e. The maximum Gasteiger partial charge on any atom is 0.326 e. The van der Waals surface area contributed by atoms with Crippen molar-refractivity contribution in [2.45, 2.75) is 32.2 Å². The summed E-state index contributed by atoms with van der Waals surface area (Å²) < 4.78 is 4.82. The van der Waals surface area contributed by atoms with Crippen LogP contribution >= 0.6 is 0 Å². The molecule has 94 valence electrons. The highest BCUT2D eigenvalue weighted by Crippen LogP contribution is 2.21. The van der Waals surface area contributed by atoms with E-state index >= 15 is 0 Å². The summed E-state index contributed by atoms with van der Waals surface area (Å²) in [4.78, 5) is 11.8. The quantitative estimate of drug-likeness (QED) is 0.796. The number of methoxy groups -OCH3 is 1. The first kappa shape index (κ1) is 13.7. The van der Waals surface area contributed by atoms with Crippen molar-refractivity contribution in [3.8, 4) is 0 Å². The van der Waals surface area contributed by atoms with E-state index in [9.17, 15) is 4.79 Å². The van der Waals surface area contributed by atoms with E-state index in [1.54, 1.807) is 0 Å². The summed E-state index contributed by atoms with van der Waals surface area (Å²) in [5, 5.41) is 0. The SMILES string of the molecule is COC(=O)[C@@](N)(Cc1ccccc1)CC(C)C. The maximum absolute atomic E-state index is 11.8. The Balaban J connectivity index is 2.87. The Kier molecular flexibility index (Phi) is 4.70. The average molecular weight is 235 g/mol. The van der Waals surface area contributed by atoms with Gasteiger partial charge in [0.25, 0.3) is 0 Å². The second-order valence-corrected chi connectivity index (χ2v) is 4.91. The van der Waals surface area contributed by atoms with Crippen molar-refractivity contribution in [2.24, 2.45) is 11.7 Å². The predicted molar refractivity (Wildman–Crippen MR) is 68.5 cm³/mol. The standard InChI is InChI=1S/C14H21NO2/c1-11(2)9-14(15,13(16)17-3)10-12-7-5-4-6-8-12/h4-8,11H,9-10,15H2,1-3H3/t14-/m0/s1. The molecular formula is C14H21NO2. The van der Waals surface area contributed by atoms with E-state index < -0.39 is 5.54 Å². The summed E-state index contributed by atoms with van der Waals surface area (Å²) in [5.74, 6) is 0.0119. The van der Waals surface area contributed by atoms with E-state index in [1.807, 2.05) is 30.3 Å². The summed E-state index contributed by atoms with van der Waals surface area (Å²) in [6.45, 7) is 4.10. The van der Waals surface area contributed by atoms with Gasteiger partial charge in [0.05, 0.1) is 7.11 Å². The summed E-state index contributed by atoms with van der Waals surface area (Å²) in [7, 11) is 1.38. The zero-order valence-corrected chi connectivity index (χ0v) is 10.8. The number of nitrogens with two attached hydrogens (primary N) is 1. The van der Waals surface area contributed by atoms with Gasteiger partial charge in [-0.3, -0.25) is 4.79 Å². The van der Waals surface area contributed by atoms with Crippen LogP contribution in [0.1, 0.15) is 25.8 Å². The molecule has 0 aliphatic rings. The predicted octanol–water partition coefficient (Wildman–Crippen LogP) is 2.15. The van der Waals surface area contributed by atoms with Gasteiger partial charge in [0, 0.05) is 6.42 Å². The number of hydrogen-bond donors (Lipinski definition) is 1. The Labute approximate surface area is 103 Å². The van der Waals surface area contributed by atoms with Crippen LogP contribution in [-0.4, -0.2) is 18.6 Å². The largest absolute Gasteiger partial charge is 0.468 e. The Hall–Kier alpha value is -1.35. The molecule has 3 nitrogen and oxygen atoms in total. The van der Waals surface area contributed by atoms with E-state index in [0.717, 1.165) is 5.56 Å². The third-order valence-corrected chi connectivity index (χ3v) is 2.73. The minimum Gasteiger partial charge on any atom is -0.468 e. The van der Waals surface area contributed by atoms with Crippen LogP contribution in [-0.2, 0) is 16.0 Å². The zero-order valence-electron chi connectivity index (χ0n) is 10.8. The molecule has 0 amide bonds. The molecular weight excluding hydrogens is 214 g/mol. The number of rotatable bonds is 5. The highest BCUT2D eigenvalue weighted by atomic mass is 16.5. The summed E-state index contributed by atoms with van der Waals surface area (Å²) in [6.07, 6.45) is 1.13. The van der Waals surface area contributed by atoms with Crippen molar-refractivity contribution in [1.29, 1.82) is 0 Å². The molecule has 0 saturated heterocycles. The Morgan fingerprint density at radius 1 is 1.35 bits per heavy atom. The van der Waals surface area contributed by atoms with Crippen LogP contribution in [0.3, 0.4) is 0 Å². The maximum atomic E-state index is 11.8. The van der Waals surface area contributed by atoms with Gasteiger partial charge in [0.2, 0.25) is 0 Å². The van der Waals surface area contributed by atoms with Crippen LogP contribution in [0.4, 0.5) is 0 Å². The lowest BCUT2D eigenvalue weighted by Crippen LogP contribution is -2.51. The van der Waals surface area contributed by atoms with E-state index in [2.05, 4.69) is 13.8 Å². The third kappa shape index (κ3) is 3.86. The fraction of sp³-hybridized carbons (Fsp3) is 0.500. The van der Waals surface area contributed by atoms with Gasteiger partial charge >= 0.3 is 5.97 Å². The Bertz CT molecular complexity index is 362. The molecule has 0 aliphatic carbocycles. The van der Waals surface area contributed by atoms with Crippen LogP contribution in [0, 0.1) is 5.92 Å². The number of carbonyl (C=O) groups excluding carboxylic acids is 1. The van der Waals surface area contributed by atoms with E-state index in [-0.39, 0.29) is 5.97 Å². The number of benzene rings is 1. The van der Waals surface area contributed by atoms with Gasteiger partial charge in [-0.15, -0.1) is 0 Å². The van der Waals surface area contributed by atoms with Crippen LogP contribution in [0.2, 0.25) is 0 Å². The van der Waals surface area contributed by atoms with E-state index in [1.165, 1.54) is 7.11 Å². The molecule has 0 fully saturated rings. The van der Waals surface area contributed by atoms with E-state index in [4.69, 9.17) is 10.5 Å². The molecule has 0 bridgehead atoms. The molecule has 1 atom stereocenters. The molecule has 0 aliphatic heterocycles. The lowest BCUT2D eigenvalue weighted by molar-refractivity contribution is -0.147. The summed E-state index contributed by atoms with van der Waals surface area (Å²) in [5.41, 5.74) is 6.34. The first-order valence-electron chi connectivity index (χ1n) is 5.89.